The average molecular weight is 236 g/mol. The van der Waals surface area contributed by atoms with Gasteiger partial charge in [-0.1, -0.05) is 5.16 Å². The highest BCUT2D eigenvalue weighted by Gasteiger charge is 2.10. The van der Waals surface area contributed by atoms with E-state index in [1.165, 1.54) is 18.3 Å². The molecule has 1 atom stereocenters. The van der Waals surface area contributed by atoms with Gasteiger partial charge in [0.1, 0.15) is 18.2 Å². The number of hydrogen-bond donors (Lipinski definition) is 1. The van der Waals surface area contributed by atoms with Gasteiger partial charge in [-0.05, 0) is 25.1 Å². The van der Waals surface area contributed by atoms with Crippen molar-refractivity contribution >= 4 is 0 Å². The summed E-state index contributed by atoms with van der Waals surface area (Å²) in [5.41, 5.74) is 6.38. The molecule has 2 aromatic rings. The Hall–Kier alpha value is -1.88. The van der Waals surface area contributed by atoms with Crippen molar-refractivity contribution in [1.29, 1.82) is 0 Å². The highest BCUT2D eigenvalue weighted by atomic mass is 19.1. The maximum absolute atomic E-state index is 13.1. The molecule has 17 heavy (non-hydrogen) atoms. The van der Waals surface area contributed by atoms with Gasteiger partial charge in [-0.2, -0.15) is 0 Å². The number of benzene rings is 1. The van der Waals surface area contributed by atoms with Gasteiger partial charge in [-0.15, -0.1) is 0 Å². The average Bonchev–Trinajstić information content (AvgIpc) is 2.80. The molecular weight excluding hydrogens is 223 g/mol. The summed E-state index contributed by atoms with van der Waals surface area (Å²) >= 11 is 0. The van der Waals surface area contributed by atoms with E-state index in [2.05, 4.69) is 5.16 Å². The Morgan fingerprint density at radius 1 is 1.47 bits per heavy atom. The van der Waals surface area contributed by atoms with E-state index in [0.717, 1.165) is 0 Å². The van der Waals surface area contributed by atoms with Crippen LogP contribution in [0.4, 0.5) is 4.39 Å². The molecule has 0 saturated heterocycles. The molecule has 4 nitrogen and oxygen atoms in total. The molecule has 1 aromatic carbocycles. The van der Waals surface area contributed by atoms with E-state index >= 15 is 0 Å². The first-order chi connectivity index (χ1) is 8.16. The van der Waals surface area contributed by atoms with Crippen molar-refractivity contribution in [3.63, 3.8) is 0 Å². The summed E-state index contributed by atoms with van der Waals surface area (Å²) in [4.78, 5) is 0. The maximum atomic E-state index is 13.1. The zero-order valence-electron chi connectivity index (χ0n) is 9.39. The normalized spacial score (nSPS) is 12.4. The third-order valence-electron chi connectivity index (χ3n) is 2.32. The number of hydrogen-bond acceptors (Lipinski definition) is 4. The van der Waals surface area contributed by atoms with E-state index in [-0.39, 0.29) is 18.5 Å². The highest BCUT2D eigenvalue weighted by molar-refractivity contribution is 5.36. The van der Waals surface area contributed by atoms with Crippen LogP contribution in [0.15, 0.2) is 35.0 Å². The first kappa shape index (κ1) is 11.6. The summed E-state index contributed by atoms with van der Waals surface area (Å²) in [6.45, 7) is 2.02. The fourth-order valence-electron chi connectivity index (χ4n) is 1.47. The lowest BCUT2D eigenvalue weighted by Gasteiger charge is -2.13. The van der Waals surface area contributed by atoms with Gasteiger partial charge in [0.2, 0.25) is 0 Å². The van der Waals surface area contributed by atoms with Crippen molar-refractivity contribution < 1.29 is 13.7 Å². The molecule has 0 fully saturated rings. The number of aromatic nitrogens is 1. The number of rotatable bonds is 4. The van der Waals surface area contributed by atoms with Gasteiger partial charge in [-0.3, -0.25) is 0 Å². The van der Waals surface area contributed by atoms with E-state index < -0.39 is 0 Å². The largest absolute Gasteiger partial charge is 0.485 e. The molecule has 0 radical (unpaired) electrons. The number of ether oxygens (including phenoxy) is 1. The Labute approximate surface area is 98.2 Å². The molecule has 1 heterocycles. The smallest absolute Gasteiger partial charge is 0.174 e. The number of nitrogens with two attached hydrogens (primary N) is 1. The molecule has 5 heteroatoms. The summed E-state index contributed by atoms with van der Waals surface area (Å²) in [5.74, 6) is 0.826. The summed E-state index contributed by atoms with van der Waals surface area (Å²) in [6.07, 6.45) is 1.54. The van der Waals surface area contributed by atoms with Crippen molar-refractivity contribution in [2.45, 2.75) is 19.6 Å². The van der Waals surface area contributed by atoms with Crippen LogP contribution < -0.4 is 10.5 Å². The maximum Gasteiger partial charge on any atom is 0.174 e. The van der Waals surface area contributed by atoms with Gasteiger partial charge in [0.05, 0.1) is 6.20 Å². The quantitative estimate of drug-likeness (QED) is 0.885. The first-order valence-corrected chi connectivity index (χ1v) is 5.24. The van der Waals surface area contributed by atoms with Crippen LogP contribution in [-0.2, 0) is 6.61 Å². The van der Waals surface area contributed by atoms with Gasteiger partial charge in [0.25, 0.3) is 0 Å². The van der Waals surface area contributed by atoms with Crippen LogP contribution >= 0.6 is 0 Å². The van der Waals surface area contributed by atoms with Gasteiger partial charge in [0.15, 0.2) is 5.76 Å². The van der Waals surface area contributed by atoms with Crippen molar-refractivity contribution in [2.75, 3.05) is 0 Å². The summed E-state index contributed by atoms with van der Waals surface area (Å²) < 4.78 is 23.5. The number of halogens is 1. The Balaban J connectivity index is 2.14. The minimum atomic E-state index is -0.329. The lowest BCUT2D eigenvalue weighted by atomic mass is 10.1. The van der Waals surface area contributed by atoms with Crippen LogP contribution in [0.5, 0.6) is 5.75 Å². The van der Waals surface area contributed by atoms with Crippen LogP contribution in [0.2, 0.25) is 0 Å². The second kappa shape index (κ2) is 4.97. The van der Waals surface area contributed by atoms with E-state index in [1.54, 1.807) is 19.1 Å². The molecule has 0 amide bonds. The molecule has 0 aliphatic heterocycles. The van der Waals surface area contributed by atoms with Gasteiger partial charge >= 0.3 is 0 Å². The monoisotopic (exact) mass is 236 g/mol. The Bertz CT molecular complexity index is 483. The van der Waals surface area contributed by atoms with Gasteiger partial charge < -0.3 is 15.0 Å². The van der Waals surface area contributed by atoms with E-state index in [1.807, 2.05) is 0 Å². The van der Waals surface area contributed by atoms with E-state index in [4.69, 9.17) is 15.0 Å². The van der Waals surface area contributed by atoms with Crippen LogP contribution in [0, 0.1) is 5.82 Å². The Morgan fingerprint density at radius 3 is 2.94 bits per heavy atom. The lowest BCUT2D eigenvalue weighted by molar-refractivity contribution is 0.246. The first-order valence-electron chi connectivity index (χ1n) is 5.24. The molecule has 2 rings (SSSR count). The fourth-order valence-corrected chi connectivity index (χ4v) is 1.47. The summed E-state index contributed by atoms with van der Waals surface area (Å²) in [7, 11) is 0. The van der Waals surface area contributed by atoms with Crippen LogP contribution in [0.25, 0.3) is 0 Å². The Morgan fingerprint density at radius 2 is 2.29 bits per heavy atom. The van der Waals surface area contributed by atoms with Crippen molar-refractivity contribution in [3.8, 4) is 5.75 Å². The molecule has 90 valence electrons. The molecule has 1 aromatic heterocycles. The van der Waals surface area contributed by atoms with Crippen molar-refractivity contribution in [3.05, 3.63) is 47.6 Å². The molecule has 0 saturated carbocycles. The zero-order chi connectivity index (χ0) is 12.3. The Kier molecular flexibility index (Phi) is 3.39. The van der Waals surface area contributed by atoms with Gasteiger partial charge in [-0.25, -0.2) is 4.39 Å². The van der Waals surface area contributed by atoms with Crippen LogP contribution in [-0.4, -0.2) is 5.16 Å². The topological polar surface area (TPSA) is 61.3 Å². The van der Waals surface area contributed by atoms with Crippen LogP contribution in [0.3, 0.4) is 0 Å². The second-order valence-electron chi connectivity index (χ2n) is 3.74. The van der Waals surface area contributed by atoms with E-state index in [9.17, 15) is 4.39 Å². The SMILES string of the molecule is C[C@H](N)c1cc(F)ccc1OCc1ccno1. The third-order valence-corrected chi connectivity index (χ3v) is 2.32. The molecule has 0 bridgehead atoms. The molecule has 2 N–H and O–H groups in total. The zero-order valence-corrected chi connectivity index (χ0v) is 9.39. The number of nitrogens with zero attached hydrogens (tertiary/aromatic N) is 1. The predicted octanol–water partition coefficient (Wildman–Crippen LogP) is 2.41. The molecule has 0 aliphatic rings. The lowest BCUT2D eigenvalue weighted by Crippen LogP contribution is -2.08. The minimum absolute atomic E-state index is 0.241. The fraction of sp³-hybridized carbons (Fsp3) is 0.250. The standard InChI is InChI=1S/C12H13FN2O2/c1-8(14)11-6-9(13)2-3-12(11)16-7-10-4-5-15-17-10/h2-6,8H,7,14H2,1H3/t8-/m0/s1. The van der Waals surface area contributed by atoms with Crippen molar-refractivity contribution in [1.82, 2.24) is 5.16 Å². The predicted molar refractivity (Wildman–Crippen MR) is 59.8 cm³/mol. The molecule has 0 spiro atoms. The molecular formula is C12H13FN2O2. The molecule has 0 aliphatic carbocycles. The third kappa shape index (κ3) is 2.82. The van der Waals surface area contributed by atoms with E-state index in [0.29, 0.717) is 17.1 Å². The summed E-state index contributed by atoms with van der Waals surface area (Å²) in [5, 5.41) is 3.57. The highest BCUT2D eigenvalue weighted by Crippen LogP contribution is 2.25. The van der Waals surface area contributed by atoms with Crippen molar-refractivity contribution in [2.24, 2.45) is 5.73 Å². The summed E-state index contributed by atoms with van der Waals surface area (Å²) in [6, 6.07) is 5.68. The minimum Gasteiger partial charge on any atom is -0.485 e. The van der Waals surface area contributed by atoms with Crippen LogP contribution in [0.1, 0.15) is 24.3 Å². The second-order valence-corrected chi connectivity index (χ2v) is 3.74. The molecule has 0 unspecified atom stereocenters. The van der Waals surface area contributed by atoms with Gasteiger partial charge in [0, 0.05) is 17.7 Å².